The Kier molecular flexibility index (Phi) is 4.76. The van der Waals surface area contributed by atoms with Crippen LogP contribution in [0.25, 0.3) is 0 Å². The van der Waals surface area contributed by atoms with Gasteiger partial charge in [-0.3, -0.25) is 9.98 Å². The average Bonchev–Trinajstić information content (AvgIpc) is 2.26. The molecular formula is C12H20N4. The standard InChI is InChI=1S/C12H20N4/c1-10(2)15-12(13)16(3)9-7-11-6-4-5-8-14-11/h4-6,8,10H,7,9H2,1-3H3,(H2,13,15). The van der Waals surface area contributed by atoms with Crippen molar-refractivity contribution in [2.75, 3.05) is 13.6 Å². The first-order valence-corrected chi connectivity index (χ1v) is 5.54. The summed E-state index contributed by atoms with van der Waals surface area (Å²) in [6.07, 6.45) is 2.69. The summed E-state index contributed by atoms with van der Waals surface area (Å²) in [5.41, 5.74) is 6.91. The summed E-state index contributed by atoms with van der Waals surface area (Å²) in [5.74, 6) is 0.589. The highest BCUT2D eigenvalue weighted by Gasteiger charge is 2.03. The number of aliphatic imine (C=N–C) groups is 1. The molecule has 1 heterocycles. The fourth-order valence-corrected chi connectivity index (χ4v) is 1.31. The fraction of sp³-hybridized carbons (Fsp3) is 0.500. The summed E-state index contributed by atoms with van der Waals surface area (Å²) in [6.45, 7) is 4.86. The van der Waals surface area contributed by atoms with Gasteiger partial charge < -0.3 is 10.6 Å². The third-order valence-corrected chi connectivity index (χ3v) is 2.21. The molecule has 0 aliphatic heterocycles. The first kappa shape index (κ1) is 12.5. The third kappa shape index (κ3) is 4.29. The van der Waals surface area contributed by atoms with Crippen molar-refractivity contribution in [1.82, 2.24) is 9.88 Å². The molecule has 0 saturated heterocycles. The molecule has 16 heavy (non-hydrogen) atoms. The van der Waals surface area contributed by atoms with E-state index in [1.165, 1.54) is 0 Å². The second-order valence-corrected chi connectivity index (χ2v) is 4.07. The monoisotopic (exact) mass is 220 g/mol. The van der Waals surface area contributed by atoms with Gasteiger partial charge >= 0.3 is 0 Å². The number of likely N-dealkylation sites (N-methyl/N-ethyl adjacent to an activating group) is 1. The molecule has 88 valence electrons. The van der Waals surface area contributed by atoms with Gasteiger partial charge in [0, 0.05) is 37.9 Å². The molecule has 0 aliphatic rings. The van der Waals surface area contributed by atoms with Crippen LogP contribution >= 0.6 is 0 Å². The zero-order chi connectivity index (χ0) is 12.0. The summed E-state index contributed by atoms with van der Waals surface area (Å²) in [4.78, 5) is 10.5. The van der Waals surface area contributed by atoms with Crippen LogP contribution in [-0.4, -0.2) is 35.5 Å². The summed E-state index contributed by atoms with van der Waals surface area (Å²) < 4.78 is 0. The molecule has 1 aromatic rings. The number of rotatable bonds is 4. The van der Waals surface area contributed by atoms with Crippen LogP contribution in [0.1, 0.15) is 19.5 Å². The highest BCUT2D eigenvalue weighted by molar-refractivity contribution is 5.77. The summed E-state index contributed by atoms with van der Waals surface area (Å²) in [7, 11) is 1.95. The van der Waals surface area contributed by atoms with E-state index in [1.807, 2.05) is 44.0 Å². The van der Waals surface area contributed by atoms with Crippen LogP contribution in [0, 0.1) is 0 Å². The number of nitrogens with zero attached hydrogens (tertiary/aromatic N) is 3. The maximum absolute atomic E-state index is 5.84. The number of pyridine rings is 1. The van der Waals surface area contributed by atoms with Gasteiger partial charge in [-0.1, -0.05) is 6.07 Å². The van der Waals surface area contributed by atoms with Crippen LogP contribution in [0.15, 0.2) is 29.4 Å². The third-order valence-electron chi connectivity index (χ3n) is 2.21. The van der Waals surface area contributed by atoms with E-state index in [4.69, 9.17) is 5.73 Å². The fourth-order valence-electron chi connectivity index (χ4n) is 1.31. The largest absolute Gasteiger partial charge is 0.370 e. The molecule has 4 nitrogen and oxygen atoms in total. The molecule has 4 heteroatoms. The number of nitrogens with two attached hydrogens (primary N) is 1. The smallest absolute Gasteiger partial charge is 0.191 e. The quantitative estimate of drug-likeness (QED) is 0.614. The Balaban J connectivity index is 2.44. The number of hydrogen-bond donors (Lipinski definition) is 1. The van der Waals surface area contributed by atoms with Crippen LogP contribution in [0.2, 0.25) is 0 Å². The van der Waals surface area contributed by atoms with E-state index >= 15 is 0 Å². The van der Waals surface area contributed by atoms with Crippen molar-refractivity contribution in [2.24, 2.45) is 10.7 Å². The Bertz CT molecular complexity index is 332. The van der Waals surface area contributed by atoms with Gasteiger partial charge in [-0.2, -0.15) is 0 Å². The zero-order valence-corrected chi connectivity index (χ0v) is 10.2. The van der Waals surface area contributed by atoms with Crippen molar-refractivity contribution < 1.29 is 0 Å². The van der Waals surface area contributed by atoms with Crippen LogP contribution < -0.4 is 5.73 Å². The molecular weight excluding hydrogens is 200 g/mol. The minimum Gasteiger partial charge on any atom is -0.370 e. The molecule has 0 radical (unpaired) electrons. The van der Waals surface area contributed by atoms with E-state index in [0.717, 1.165) is 18.7 Å². The summed E-state index contributed by atoms with van der Waals surface area (Å²) >= 11 is 0. The molecule has 1 aromatic heterocycles. The van der Waals surface area contributed by atoms with Crippen molar-refractivity contribution in [3.63, 3.8) is 0 Å². The second kappa shape index (κ2) is 6.10. The predicted molar refractivity (Wildman–Crippen MR) is 67.3 cm³/mol. The highest BCUT2D eigenvalue weighted by Crippen LogP contribution is 1.97. The van der Waals surface area contributed by atoms with Gasteiger partial charge in [-0.25, -0.2) is 0 Å². The number of aromatic nitrogens is 1. The maximum Gasteiger partial charge on any atom is 0.191 e. The van der Waals surface area contributed by atoms with Crippen LogP contribution in [0.5, 0.6) is 0 Å². The Labute approximate surface area is 97.2 Å². The first-order chi connectivity index (χ1) is 7.59. The Morgan fingerprint density at radius 2 is 2.25 bits per heavy atom. The molecule has 0 aromatic carbocycles. The molecule has 0 spiro atoms. The van der Waals surface area contributed by atoms with Crippen LogP contribution in [0.3, 0.4) is 0 Å². The highest BCUT2D eigenvalue weighted by atomic mass is 15.2. The molecule has 0 atom stereocenters. The molecule has 0 aliphatic carbocycles. The zero-order valence-electron chi connectivity index (χ0n) is 10.2. The van der Waals surface area contributed by atoms with Gasteiger partial charge in [0.2, 0.25) is 0 Å². The average molecular weight is 220 g/mol. The van der Waals surface area contributed by atoms with Crippen molar-refractivity contribution in [2.45, 2.75) is 26.3 Å². The van der Waals surface area contributed by atoms with Crippen LogP contribution in [-0.2, 0) is 6.42 Å². The van der Waals surface area contributed by atoms with Gasteiger partial charge in [0.25, 0.3) is 0 Å². The van der Waals surface area contributed by atoms with Crippen LogP contribution in [0.4, 0.5) is 0 Å². The van der Waals surface area contributed by atoms with Gasteiger partial charge in [0.15, 0.2) is 5.96 Å². The predicted octanol–water partition coefficient (Wildman–Crippen LogP) is 1.28. The summed E-state index contributed by atoms with van der Waals surface area (Å²) in [5, 5.41) is 0. The van der Waals surface area contributed by atoms with Gasteiger partial charge in [0.1, 0.15) is 0 Å². The van der Waals surface area contributed by atoms with E-state index in [9.17, 15) is 0 Å². The number of guanidine groups is 1. The lowest BCUT2D eigenvalue weighted by atomic mass is 10.2. The topological polar surface area (TPSA) is 54.5 Å². The minimum atomic E-state index is 0.234. The van der Waals surface area contributed by atoms with Gasteiger partial charge in [0.05, 0.1) is 0 Å². The normalized spacial score (nSPS) is 11.9. The first-order valence-electron chi connectivity index (χ1n) is 5.54. The lowest BCUT2D eigenvalue weighted by Gasteiger charge is -2.18. The molecule has 0 fully saturated rings. The van der Waals surface area contributed by atoms with E-state index < -0.39 is 0 Å². The SMILES string of the molecule is CC(C)N=C(N)N(C)CCc1ccccn1. The van der Waals surface area contributed by atoms with Crippen molar-refractivity contribution in [3.8, 4) is 0 Å². The van der Waals surface area contributed by atoms with E-state index in [1.54, 1.807) is 6.20 Å². The molecule has 0 bridgehead atoms. The molecule has 0 unspecified atom stereocenters. The van der Waals surface area contributed by atoms with E-state index in [0.29, 0.717) is 5.96 Å². The Morgan fingerprint density at radius 1 is 1.50 bits per heavy atom. The van der Waals surface area contributed by atoms with E-state index in [2.05, 4.69) is 9.98 Å². The minimum absolute atomic E-state index is 0.234. The van der Waals surface area contributed by atoms with Gasteiger partial charge in [-0.15, -0.1) is 0 Å². The second-order valence-electron chi connectivity index (χ2n) is 4.07. The number of hydrogen-bond acceptors (Lipinski definition) is 2. The van der Waals surface area contributed by atoms with Crippen molar-refractivity contribution in [3.05, 3.63) is 30.1 Å². The molecule has 0 saturated carbocycles. The van der Waals surface area contributed by atoms with Gasteiger partial charge in [-0.05, 0) is 26.0 Å². The lowest BCUT2D eigenvalue weighted by Crippen LogP contribution is -2.36. The molecule has 0 amide bonds. The lowest BCUT2D eigenvalue weighted by molar-refractivity contribution is 0.494. The van der Waals surface area contributed by atoms with E-state index in [-0.39, 0.29) is 6.04 Å². The van der Waals surface area contributed by atoms with Crippen molar-refractivity contribution >= 4 is 5.96 Å². The maximum atomic E-state index is 5.84. The van der Waals surface area contributed by atoms with Crippen molar-refractivity contribution in [1.29, 1.82) is 0 Å². The molecule has 1 rings (SSSR count). The summed E-state index contributed by atoms with van der Waals surface area (Å²) in [6, 6.07) is 6.16. The molecule has 2 N–H and O–H groups in total. The Hall–Kier alpha value is -1.58. The Morgan fingerprint density at radius 3 is 2.81 bits per heavy atom.